The molecule has 1 heterocycles. The number of benzene rings is 2. The van der Waals surface area contributed by atoms with Crippen LogP contribution >= 0.6 is 0 Å². The summed E-state index contributed by atoms with van der Waals surface area (Å²) in [6, 6.07) is 13.3. The minimum atomic E-state index is -0.502. The van der Waals surface area contributed by atoms with Crippen LogP contribution in [0.5, 0.6) is 11.5 Å². The third-order valence-corrected chi connectivity index (χ3v) is 4.60. The van der Waals surface area contributed by atoms with Crippen LogP contribution in [0.4, 0.5) is 0 Å². The number of para-hydroxylation sites is 1. The first-order valence-electron chi connectivity index (χ1n) is 9.09. The van der Waals surface area contributed by atoms with Gasteiger partial charge in [0.25, 0.3) is 5.89 Å². The summed E-state index contributed by atoms with van der Waals surface area (Å²) < 4.78 is 21.1. The topological polar surface area (TPSA) is 83.7 Å². The molecule has 0 saturated heterocycles. The Bertz CT molecular complexity index is 982. The quantitative estimate of drug-likeness (QED) is 0.581. The van der Waals surface area contributed by atoms with E-state index in [1.54, 1.807) is 7.11 Å². The van der Waals surface area contributed by atoms with Crippen LogP contribution in [-0.2, 0) is 29.0 Å². The van der Waals surface area contributed by atoms with E-state index < -0.39 is 5.97 Å². The van der Waals surface area contributed by atoms with Crippen molar-refractivity contribution in [2.45, 2.75) is 25.9 Å². The van der Waals surface area contributed by atoms with E-state index in [2.05, 4.69) is 16.2 Å². The molecule has 0 saturated carbocycles. The van der Waals surface area contributed by atoms with Gasteiger partial charge in [-0.25, -0.2) is 4.79 Å². The summed E-state index contributed by atoms with van der Waals surface area (Å²) in [5, 5.41) is 3.91. The van der Waals surface area contributed by atoms with Crippen LogP contribution in [0.25, 0.3) is 11.4 Å². The predicted molar refractivity (Wildman–Crippen MR) is 100 cm³/mol. The summed E-state index contributed by atoms with van der Waals surface area (Å²) in [5.41, 5.74) is 3.35. The molecule has 0 spiro atoms. The number of esters is 1. The predicted octanol–water partition coefficient (Wildman–Crippen LogP) is 3.36. The minimum absolute atomic E-state index is 0.117. The van der Waals surface area contributed by atoms with Crippen LogP contribution in [0.15, 0.2) is 47.0 Å². The Balaban J connectivity index is 1.30. The molecular formula is C21H20N2O5. The zero-order valence-corrected chi connectivity index (χ0v) is 15.5. The van der Waals surface area contributed by atoms with Gasteiger partial charge in [0, 0.05) is 0 Å². The highest BCUT2D eigenvalue weighted by Crippen LogP contribution is 2.27. The van der Waals surface area contributed by atoms with Gasteiger partial charge in [-0.15, -0.1) is 0 Å². The van der Waals surface area contributed by atoms with E-state index in [1.165, 1.54) is 17.5 Å². The van der Waals surface area contributed by atoms with E-state index >= 15 is 0 Å². The molecule has 0 fully saturated rings. The molecule has 7 heteroatoms. The summed E-state index contributed by atoms with van der Waals surface area (Å²) in [6.07, 6.45) is 3.34. The second-order valence-electron chi connectivity index (χ2n) is 6.45. The second kappa shape index (κ2) is 8.12. The molecule has 0 bridgehead atoms. The molecule has 1 aliphatic carbocycles. The van der Waals surface area contributed by atoms with Crippen LogP contribution in [0.3, 0.4) is 0 Å². The van der Waals surface area contributed by atoms with Crippen molar-refractivity contribution in [3.05, 3.63) is 59.5 Å². The lowest BCUT2D eigenvalue weighted by Gasteiger charge is -2.07. The minimum Gasteiger partial charge on any atom is -0.496 e. The van der Waals surface area contributed by atoms with Crippen molar-refractivity contribution in [2.24, 2.45) is 0 Å². The van der Waals surface area contributed by atoms with Gasteiger partial charge in [0.2, 0.25) is 5.82 Å². The number of carbonyl (C=O) groups excluding carboxylic acids is 1. The van der Waals surface area contributed by atoms with E-state index in [0.29, 0.717) is 22.9 Å². The number of ether oxygens (including phenoxy) is 3. The van der Waals surface area contributed by atoms with E-state index in [1.807, 2.05) is 36.4 Å². The van der Waals surface area contributed by atoms with Gasteiger partial charge in [-0.2, -0.15) is 4.98 Å². The van der Waals surface area contributed by atoms with Gasteiger partial charge in [0.1, 0.15) is 11.5 Å². The van der Waals surface area contributed by atoms with E-state index in [-0.39, 0.29) is 19.1 Å². The van der Waals surface area contributed by atoms with Crippen LogP contribution in [0.1, 0.15) is 23.4 Å². The normalized spacial score (nSPS) is 12.5. The molecule has 0 radical (unpaired) electrons. The number of aromatic nitrogens is 2. The van der Waals surface area contributed by atoms with E-state index in [4.69, 9.17) is 18.7 Å². The summed E-state index contributed by atoms with van der Waals surface area (Å²) in [4.78, 5) is 16.2. The highest BCUT2D eigenvalue weighted by Gasteiger charge is 2.15. The highest BCUT2D eigenvalue weighted by molar-refractivity contribution is 5.71. The number of rotatable bonds is 7. The fourth-order valence-electron chi connectivity index (χ4n) is 3.22. The smallest absolute Gasteiger partial charge is 0.344 e. The molecule has 0 amide bonds. The Hall–Kier alpha value is -3.35. The molecule has 0 aliphatic heterocycles. The molecule has 0 atom stereocenters. The SMILES string of the molecule is COc1ccccc1-c1noc(COC(=O)COc2ccc3c(c2)CCC3)n1. The number of carbonyl (C=O) groups is 1. The number of hydrogen-bond donors (Lipinski definition) is 0. The molecule has 3 aromatic rings. The van der Waals surface area contributed by atoms with Crippen molar-refractivity contribution < 1.29 is 23.5 Å². The Morgan fingerprint density at radius 3 is 2.89 bits per heavy atom. The van der Waals surface area contributed by atoms with Crippen LogP contribution in [0, 0.1) is 0 Å². The third-order valence-electron chi connectivity index (χ3n) is 4.60. The highest BCUT2D eigenvalue weighted by atomic mass is 16.6. The first kappa shape index (κ1) is 18.0. The Kier molecular flexibility index (Phi) is 5.23. The van der Waals surface area contributed by atoms with Gasteiger partial charge in [0.15, 0.2) is 13.2 Å². The lowest BCUT2D eigenvalue weighted by Crippen LogP contribution is -2.15. The number of aryl methyl sites for hydroxylation is 2. The molecule has 7 nitrogen and oxygen atoms in total. The first-order valence-corrected chi connectivity index (χ1v) is 9.09. The van der Waals surface area contributed by atoms with Crippen molar-refractivity contribution >= 4 is 5.97 Å². The van der Waals surface area contributed by atoms with Gasteiger partial charge < -0.3 is 18.7 Å². The largest absolute Gasteiger partial charge is 0.496 e. The van der Waals surface area contributed by atoms with Crippen molar-refractivity contribution in [3.8, 4) is 22.9 Å². The Morgan fingerprint density at radius 1 is 1.14 bits per heavy atom. The Labute approximate surface area is 162 Å². The van der Waals surface area contributed by atoms with Crippen molar-refractivity contribution in [3.63, 3.8) is 0 Å². The molecule has 1 aromatic heterocycles. The lowest BCUT2D eigenvalue weighted by atomic mass is 10.1. The fraction of sp³-hybridized carbons (Fsp3) is 0.286. The monoisotopic (exact) mass is 380 g/mol. The Morgan fingerprint density at radius 2 is 2.00 bits per heavy atom. The molecule has 0 unspecified atom stereocenters. The maximum absolute atomic E-state index is 11.9. The van der Waals surface area contributed by atoms with Crippen LogP contribution in [-0.4, -0.2) is 29.8 Å². The number of nitrogens with zero attached hydrogens (tertiary/aromatic N) is 2. The zero-order valence-electron chi connectivity index (χ0n) is 15.5. The standard InChI is InChI=1S/C21H20N2O5/c1-25-18-8-3-2-7-17(18)21-22-19(28-23-21)12-27-20(24)13-26-16-10-9-14-5-4-6-15(14)11-16/h2-3,7-11H,4-6,12-13H2,1H3. The maximum atomic E-state index is 11.9. The number of fused-ring (bicyclic) bond motifs is 1. The van der Waals surface area contributed by atoms with Crippen molar-refractivity contribution in [2.75, 3.05) is 13.7 Å². The maximum Gasteiger partial charge on any atom is 0.344 e. The molecule has 144 valence electrons. The summed E-state index contributed by atoms with van der Waals surface area (Å²) >= 11 is 0. The average Bonchev–Trinajstić information content (AvgIpc) is 3.39. The van der Waals surface area contributed by atoms with E-state index in [9.17, 15) is 4.79 Å². The van der Waals surface area contributed by atoms with Gasteiger partial charge in [-0.3, -0.25) is 0 Å². The third kappa shape index (κ3) is 3.98. The van der Waals surface area contributed by atoms with E-state index in [0.717, 1.165) is 12.8 Å². The number of hydrogen-bond acceptors (Lipinski definition) is 7. The molecule has 1 aliphatic rings. The van der Waals surface area contributed by atoms with Gasteiger partial charge in [-0.1, -0.05) is 23.4 Å². The molecule has 4 rings (SSSR count). The summed E-state index contributed by atoms with van der Waals surface area (Å²) in [7, 11) is 1.57. The van der Waals surface area contributed by atoms with Crippen LogP contribution in [0.2, 0.25) is 0 Å². The van der Waals surface area contributed by atoms with Crippen molar-refractivity contribution in [1.29, 1.82) is 0 Å². The molecule has 0 N–H and O–H groups in total. The van der Waals surface area contributed by atoms with Crippen LogP contribution < -0.4 is 9.47 Å². The zero-order chi connectivity index (χ0) is 19.3. The van der Waals surface area contributed by atoms with Crippen molar-refractivity contribution in [1.82, 2.24) is 10.1 Å². The average molecular weight is 380 g/mol. The molecule has 2 aromatic carbocycles. The number of methoxy groups -OCH3 is 1. The molecular weight excluding hydrogens is 360 g/mol. The lowest BCUT2D eigenvalue weighted by molar-refractivity contribution is -0.148. The van der Waals surface area contributed by atoms with Gasteiger partial charge >= 0.3 is 5.97 Å². The van der Waals surface area contributed by atoms with Gasteiger partial charge in [-0.05, 0) is 54.7 Å². The molecule has 28 heavy (non-hydrogen) atoms. The first-order chi connectivity index (χ1) is 13.7. The second-order valence-corrected chi connectivity index (χ2v) is 6.45. The fourth-order valence-corrected chi connectivity index (χ4v) is 3.22. The summed E-state index contributed by atoms with van der Waals surface area (Å²) in [5.74, 6) is 1.38. The van der Waals surface area contributed by atoms with Gasteiger partial charge in [0.05, 0.1) is 12.7 Å². The summed E-state index contributed by atoms with van der Waals surface area (Å²) in [6.45, 7) is -0.291.